The van der Waals surface area contributed by atoms with Crippen molar-refractivity contribution < 1.29 is 13.5 Å². The number of ether oxygens (including phenoxy) is 1. The summed E-state index contributed by atoms with van der Waals surface area (Å²) in [6, 6.07) is 4.40. The largest absolute Gasteiger partial charge is 0.487 e. The molecule has 2 rings (SSSR count). The van der Waals surface area contributed by atoms with Gasteiger partial charge in [-0.2, -0.15) is 4.39 Å². The van der Waals surface area contributed by atoms with Gasteiger partial charge in [0.05, 0.1) is 0 Å². The van der Waals surface area contributed by atoms with E-state index < -0.39 is 11.6 Å². The van der Waals surface area contributed by atoms with E-state index >= 15 is 0 Å². The molecule has 2 nitrogen and oxygen atoms in total. The number of hydrogen-bond acceptors (Lipinski definition) is 2. The predicted molar refractivity (Wildman–Crippen MR) is 71.3 cm³/mol. The molecule has 0 saturated heterocycles. The van der Waals surface area contributed by atoms with E-state index in [0.717, 1.165) is 25.5 Å². The Kier molecular flexibility index (Phi) is 4.09. The minimum Gasteiger partial charge on any atom is -0.487 e. The van der Waals surface area contributed by atoms with Gasteiger partial charge in [-0.1, -0.05) is 26.8 Å². The Morgan fingerprint density at radius 1 is 1.37 bits per heavy atom. The predicted octanol–water partition coefficient (Wildman–Crippen LogP) is 3.51. The molecule has 2 atom stereocenters. The SMILES string of the molecule is CCCNC1CC(Oc2cccc(F)c2F)C1(C)C. The number of rotatable bonds is 5. The summed E-state index contributed by atoms with van der Waals surface area (Å²) in [7, 11) is 0. The lowest BCUT2D eigenvalue weighted by atomic mass is 9.64. The van der Waals surface area contributed by atoms with Crippen molar-refractivity contribution in [1.82, 2.24) is 5.32 Å². The molecule has 106 valence electrons. The van der Waals surface area contributed by atoms with Crippen molar-refractivity contribution in [3.8, 4) is 5.75 Å². The summed E-state index contributed by atoms with van der Waals surface area (Å²) in [6.07, 6.45) is 1.82. The van der Waals surface area contributed by atoms with Crippen LogP contribution in [0, 0.1) is 17.0 Å². The van der Waals surface area contributed by atoms with Gasteiger partial charge in [0.15, 0.2) is 11.6 Å². The maximum atomic E-state index is 13.6. The zero-order chi connectivity index (χ0) is 14.0. The van der Waals surface area contributed by atoms with Crippen molar-refractivity contribution >= 4 is 0 Å². The molecule has 4 heteroatoms. The molecule has 1 aromatic carbocycles. The van der Waals surface area contributed by atoms with E-state index in [-0.39, 0.29) is 17.3 Å². The summed E-state index contributed by atoms with van der Waals surface area (Å²) in [6.45, 7) is 7.27. The Bertz CT molecular complexity index is 448. The molecule has 1 aromatic rings. The van der Waals surface area contributed by atoms with E-state index in [1.807, 2.05) is 0 Å². The van der Waals surface area contributed by atoms with Crippen LogP contribution in [0.1, 0.15) is 33.6 Å². The molecular formula is C15H21F2NO. The molecular weight excluding hydrogens is 248 g/mol. The van der Waals surface area contributed by atoms with Crippen LogP contribution in [0.2, 0.25) is 0 Å². The monoisotopic (exact) mass is 269 g/mol. The number of nitrogens with one attached hydrogen (secondary N) is 1. The van der Waals surface area contributed by atoms with Crippen molar-refractivity contribution in [2.45, 2.75) is 45.8 Å². The smallest absolute Gasteiger partial charge is 0.200 e. The van der Waals surface area contributed by atoms with Crippen LogP contribution in [0.25, 0.3) is 0 Å². The molecule has 0 amide bonds. The van der Waals surface area contributed by atoms with Crippen LogP contribution in [-0.4, -0.2) is 18.7 Å². The summed E-state index contributed by atoms with van der Waals surface area (Å²) in [5.41, 5.74) is -0.0755. The van der Waals surface area contributed by atoms with Crippen LogP contribution in [0.5, 0.6) is 5.75 Å². The highest BCUT2D eigenvalue weighted by Gasteiger charge is 2.49. The first-order valence-corrected chi connectivity index (χ1v) is 6.80. The highest BCUT2D eigenvalue weighted by molar-refractivity contribution is 5.26. The van der Waals surface area contributed by atoms with E-state index in [2.05, 4.69) is 26.1 Å². The number of benzene rings is 1. The molecule has 19 heavy (non-hydrogen) atoms. The van der Waals surface area contributed by atoms with Crippen molar-refractivity contribution in [2.24, 2.45) is 5.41 Å². The van der Waals surface area contributed by atoms with Crippen LogP contribution in [0.3, 0.4) is 0 Å². The molecule has 0 aliphatic heterocycles. The third-order valence-corrected chi connectivity index (χ3v) is 4.00. The summed E-state index contributed by atoms with van der Waals surface area (Å²) in [5.74, 6) is -1.76. The van der Waals surface area contributed by atoms with Crippen molar-refractivity contribution in [3.63, 3.8) is 0 Å². The van der Waals surface area contributed by atoms with E-state index in [1.54, 1.807) is 0 Å². The van der Waals surface area contributed by atoms with Gasteiger partial charge in [0.1, 0.15) is 6.10 Å². The van der Waals surface area contributed by atoms with Crippen LogP contribution in [0.15, 0.2) is 18.2 Å². The molecule has 0 spiro atoms. The minimum absolute atomic E-state index is 0.00650. The second kappa shape index (κ2) is 5.45. The fourth-order valence-corrected chi connectivity index (χ4v) is 2.48. The summed E-state index contributed by atoms with van der Waals surface area (Å²) >= 11 is 0. The van der Waals surface area contributed by atoms with Gasteiger partial charge in [-0.05, 0) is 25.1 Å². The van der Waals surface area contributed by atoms with Gasteiger partial charge in [0.25, 0.3) is 0 Å². The molecule has 0 aromatic heterocycles. The normalized spacial score (nSPS) is 24.9. The average Bonchev–Trinajstić information content (AvgIpc) is 2.37. The second-order valence-corrected chi connectivity index (χ2v) is 5.72. The maximum Gasteiger partial charge on any atom is 0.200 e. The molecule has 1 fully saturated rings. The van der Waals surface area contributed by atoms with Gasteiger partial charge in [-0.25, -0.2) is 4.39 Å². The molecule has 0 heterocycles. The van der Waals surface area contributed by atoms with E-state index in [1.165, 1.54) is 12.1 Å². The number of hydrogen-bond donors (Lipinski definition) is 1. The Hall–Kier alpha value is -1.16. The third-order valence-electron chi connectivity index (χ3n) is 4.00. The lowest BCUT2D eigenvalue weighted by molar-refractivity contribution is -0.0565. The van der Waals surface area contributed by atoms with Crippen LogP contribution < -0.4 is 10.1 Å². The quantitative estimate of drug-likeness (QED) is 0.883. The lowest BCUT2D eigenvalue weighted by Gasteiger charge is -2.51. The van der Waals surface area contributed by atoms with Crippen LogP contribution >= 0.6 is 0 Å². The topological polar surface area (TPSA) is 21.3 Å². The fourth-order valence-electron chi connectivity index (χ4n) is 2.48. The highest BCUT2D eigenvalue weighted by atomic mass is 19.2. The first-order chi connectivity index (χ1) is 8.96. The molecule has 1 N–H and O–H groups in total. The number of halogens is 2. The van der Waals surface area contributed by atoms with Crippen molar-refractivity contribution in [2.75, 3.05) is 6.54 Å². The van der Waals surface area contributed by atoms with E-state index in [0.29, 0.717) is 6.04 Å². The molecule has 1 aliphatic carbocycles. The average molecular weight is 269 g/mol. The Balaban J connectivity index is 2.00. The highest BCUT2D eigenvalue weighted by Crippen LogP contribution is 2.43. The Morgan fingerprint density at radius 3 is 2.74 bits per heavy atom. The minimum atomic E-state index is -0.900. The van der Waals surface area contributed by atoms with E-state index in [4.69, 9.17) is 4.74 Å². The Labute approximate surface area is 113 Å². The fraction of sp³-hybridized carbons (Fsp3) is 0.600. The van der Waals surface area contributed by atoms with Gasteiger partial charge in [0.2, 0.25) is 5.82 Å². The first-order valence-electron chi connectivity index (χ1n) is 6.80. The Morgan fingerprint density at radius 2 is 2.11 bits per heavy atom. The summed E-state index contributed by atoms with van der Waals surface area (Å²) < 4.78 is 32.3. The van der Waals surface area contributed by atoms with Crippen LogP contribution in [-0.2, 0) is 0 Å². The molecule has 2 unspecified atom stereocenters. The second-order valence-electron chi connectivity index (χ2n) is 5.72. The lowest BCUT2D eigenvalue weighted by Crippen LogP contribution is -2.62. The van der Waals surface area contributed by atoms with Gasteiger partial charge < -0.3 is 10.1 Å². The summed E-state index contributed by atoms with van der Waals surface area (Å²) in [4.78, 5) is 0. The molecule has 0 bridgehead atoms. The maximum absolute atomic E-state index is 13.6. The van der Waals surface area contributed by atoms with Gasteiger partial charge in [-0.3, -0.25) is 0 Å². The third kappa shape index (κ3) is 2.73. The molecule has 1 aliphatic rings. The molecule has 0 radical (unpaired) electrons. The first kappa shape index (κ1) is 14.3. The van der Waals surface area contributed by atoms with Crippen molar-refractivity contribution in [1.29, 1.82) is 0 Å². The molecule has 1 saturated carbocycles. The van der Waals surface area contributed by atoms with Gasteiger partial charge >= 0.3 is 0 Å². The van der Waals surface area contributed by atoms with Gasteiger partial charge in [-0.15, -0.1) is 0 Å². The zero-order valence-electron chi connectivity index (χ0n) is 11.7. The standard InChI is InChI=1S/C15H21F2NO/c1-4-8-18-12-9-13(15(12,2)3)19-11-7-5-6-10(16)14(11)17/h5-7,12-13,18H,4,8-9H2,1-3H3. The van der Waals surface area contributed by atoms with Gasteiger partial charge in [0, 0.05) is 17.9 Å². The van der Waals surface area contributed by atoms with Crippen LogP contribution in [0.4, 0.5) is 8.78 Å². The van der Waals surface area contributed by atoms with Crippen molar-refractivity contribution in [3.05, 3.63) is 29.8 Å². The van der Waals surface area contributed by atoms with E-state index in [9.17, 15) is 8.78 Å². The zero-order valence-corrected chi connectivity index (χ0v) is 11.7. The summed E-state index contributed by atoms with van der Waals surface area (Å²) in [5, 5.41) is 3.45.